The van der Waals surface area contributed by atoms with E-state index < -0.39 is 0 Å². The average Bonchev–Trinajstić information content (AvgIpc) is 1.67. The molecule has 0 heterocycles. The maximum atomic E-state index is 4.36. The van der Waals surface area contributed by atoms with E-state index in [9.17, 15) is 0 Å². The fourth-order valence-corrected chi connectivity index (χ4v) is 1.12. The summed E-state index contributed by atoms with van der Waals surface area (Å²) < 4.78 is 0.0851. The zero-order chi connectivity index (χ0) is 6.62. The molecule has 2 heteroatoms. The molecule has 0 N–H and O–H groups in total. The van der Waals surface area contributed by atoms with E-state index in [0.29, 0.717) is 0 Å². The van der Waals surface area contributed by atoms with Crippen LogP contribution in [0, 0.1) is 6.42 Å². The van der Waals surface area contributed by atoms with Crippen molar-refractivity contribution >= 4 is 25.3 Å². The number of rotatable bonds is 3. The van der Waals surface area contributed by atoms with Gasteiger partial charge in [0, 0.05) is 4.75 Å². The summed E-state index contributed by atoms with van der Waals surface area (Å²) in [7, 11) is 0. The molecule has 8 heavy (non-hydrogen) atoms. The first-order valence-corrected chi connectivity index (χ1v) is 3.84. The Bertz CT molecular complexity index is 59.5. The van der Waals surface area contributed by atoms with Crippen molar-refractivity contribution in [2.75, 3.05) is 5.75 Å². The fourth-order valence-electron chi connectivity index (χ4n) is 0.371. The molecule has 0 spiro atoms. The Morgan fingerprint density at radius 2 is 2.12 bits per heavy atom. The lowest BCUT2D eigenvalue weighted by Gasteiger charge is -2.18. The van der Waals surface area contributed by atoms with Crippen molar-refractivity contribution in [3.8, 4) is 0 Å². The van der Waals surface area contributed by atoms with Crippen LogP contribution < -0.4 is 0 Å². The van der Waals surface area contributed by atoms with Gasteiger partial charge in [0.1, 0.15) is 0 Å². The molecule has 0 amide bonds. The van der Waals surface area contributed by atoms with Crippen LogP contribution in [0.5, 0.6) is 0 Å². The van der Waals surface area contributed by atoms with E-state index in [1.54, 1.807) is 0 Å². The predicted octanol–water partition coefficient (Wildman–Crippen LogP) is 2.22. The zero-order valence-electron chi connectivity index (χ0n) is 5.39. The summed E-state index contributed by atoms with van der Waals surface area (Å²) >= 11 is 8.46. The van der Waals surface area contributed by atoms with Crippen LogP contribution in [-0.4, -0.2) is 10.5 Å². The van der Waals surface area contributed by atoms with Gasteiger partial charge in [0.2, 0.25) is 0 Å². The highest BCUT2D eigenvalue weighted by Gasteiger charge is 2.13. The van der Waals surface area contributed by atoms with E-state index in [4.69, 9.17) is 0 Å². The van der Waals surface area contributed by atoms with Gasteiger partial charge in [-0.3, -0.25) is 0 Å². The summed E-state index contributed by atoms with van der Waals surface area (Å²) in [6.07, 6.45) is 3.13. The van der Waals surface area contributed by atoms with E-state index in [0.717, 1.165) is 12.2 Å². The molecule has 0 aromatic heterocycles. The van der Waals surface area contributed by atoms with Crippen molar-refractivity contribution in [2.24, 2.45) is 0 Å². The first-order valence-electron chi connectivity index (χ1n) is 2.76. The highest BCUT2D eigenvalue weighted by molar-refractivity contribution is 7.82. The molecule has 0 aromatic rings. The Labute approximate surface area is 62.9 Å². The largest absolute Gasteiger partial charge is 0.179 e. The van der Waals surface area contributed by atoms with Gasteiger partial charge < -0.3 is 0 Å². The molecule has 0 saturated heterocycles. The van der Waals surface area contributed by atoms with Gasteiger partial charge in [-0.05, 0) is 18.6 Å². The second kappa shape index (κ2) is 3.67. The van der Waals surface area contributed by atoms with Gasteiger partial charge >= 0.3 is 0 Å². The molecule has 0 aromatic carbocycles. The normalized spacial score (nSPS) is 18.0. The fraction of sp³-hybridized carbons (Fsp3) is 0.833. The molecule has 0 aliphatic carbocycles. The molecular formula is C6H13S2. The van der Waals surface area contributed by atoms with Gasteiger partial charge in [-0.25, -0.2) is 0 Å². The summed E-state index contributed by atoms with van der Waals surface area (Å²) in [6.45, 7) is 4.11. The average molecular weight is 149 g/mol. The minimum Gasteiger partial charge on any atom is -0.179 e. The van der Waals surface area contributed by atoms with E-state index in [-0.39, 0.29) is 4.75 Å². The summed E-state index contributed by atoms with van der Waals surface area (Å²) in [5.74, 6) is 0.907. The van der Waals surface area contributed by atoms with Crippen molar-refractivity contribution in [1.29, 1.82) is 0 Å². The lowest BCUT2D eigenvalue weighted by Crippen LogP contribution is -2.15. The van der Waals surface area contributed by atoms with Gasteiger partial charge in [0.05, 0.1) is 0 Å². The van der Waals surface area contributed by atoms with E-state index in [1.165, 1.54) is 0 Å². The quantitative estimate of drug-likeness (QED) is 0.565. The Morgan fingerprint density at radius 3 is 2.25 bits per heavy atom. The highest BCUT2D eigenvalue weighted by atomic mass is 32.1. The molecule has 0 bridgehead atoms. The van der Waals surface area contributed by atoms with Crippen LogP contribution in [0.2, 0.25) is 0 Å². The molecule has 1 radical (unpaired) electrons. The van der Waals surface area contributed by atoms with Crippen LogP contribution in [0.15, 0.2) is 0 Å². The number of thiol groups is 2. The van der Waals surface area contributed by atoms with E-state index in [1.807, 2.05) is 6.92 Å². The molecule has 0 saturated carbocycles. The standard InChI is InChI=1S/C6H13S2/c1-3-6(2,8)4-5-7/h3,7-8H,4-5H2,1-2H3. The minimum absolute atomic E-state index is 0.0851. The third-order valence-corrected chi connectivity index (χ3v) is 1.95. The lowest BCUT2D eigenvalue weighted by molar-refractivity contribution is 0.720. The molecule has 0 aliphatic rings. The van der Waals surface area contributed by atoms with Crippen molar-refractivity contribution in [2.45, 2.75) is 25.0 Å². The van der Waals surface area contributed by atoms with Crippen molar-refractivity contribution < 1.29 is 0 Å². The Kier molecular flexibility index (Phi) is 4.00. The predicted molar refractivity (Wildman–Crippen MR) is 45.8 cm³/mol. The molecular weight excluding hydrogens is 136 g/mol. The maximum Gasteiger partial charge on any atom is 0.0138 e. The third-order valence-electron chi connectivity index (χ3n) is 1.24. The molecule has 0 nitrogen and oxygen atoms in total. The number of hydrogen-bond acceptors (Lipinski definition) is 2. The van der Waals surface area contributed by atoms with Crippen LogP contribution in [-0.2, 0) is 0 Å². The van der Waals surface area contributed by atoms with Gasteiger partial charge in [-0.2, -0.15) is 25.3 Å². The lowest BCUT2D eigenvalue weighted by atomic mass is 10.1. The van der Waals surface area contributed by atoms with Gasteiger partial charge in [-0.1, -0.05) is 13.8 Å². The molecule has 0 fully saturated rings. The molecule has 0 rings (SSSR count). The topological polar surface area (TPSA) is 0 Å². The molecule has 1 unspecified atom stereocenters. The van der Waals surface area contributed by atoms with Crippen LogP contribution in [0.25, 0.3) is 0 Å². The van der Waals surface area contributed by atoms with Gasteiger partial charge in [-0.15, -0.1) is 0 Å². The summed E-state index contributed by atoms with van der Waals surface area (Å²) in [5.41, 5.74) is 0. The molecule has 0 aliphatic heterocycles. The first-order chi connectivity index (χ1) is 3.62. The third kappa shape index (κ3) is 3.67. The second-order valence-corrected chi connectivity index (χ2v) is 3.59. The second-order valence-electron chi connectivity index (χ2n) is 2.12. The summed E-state index contributed by atoms with van der Waals surface area (Å²) in [5, 5.41) is 0. The Hall–Kier alpha value is 0.700. The van der Waals surface area contributed by atoms with E-state index in [2.05, 4.69) is 38.6 Å². The molecule has 1 atom stereocenters. The minimum atomic E-state index is 0.0851. The highest BCUT2D eigenvalue weighted by Crippen LogP contribution is 2.21. The Balaban J connectivity index is 3.37. The SMILES string of the molecule is C[CH]C(C)(S)CCS. The monoisotopic (exact) mass is 149 g/mol. The Morgan fingerprint density at radius 1 is 1.62 bits per heavy atom. The van der Waals surface area contributed by atoms with Gasteiger partial charge in [0.15, 0.2) is 0 Å². The molecule has 49 valence electrons. The van der Waals surface area contributed by atoms with E-state index >= 15 is 0 Å². The van der Waals surface area contributed by atoms with Crippen LogP contribution in [0.3, 0.4) is 0 Å². The zero-order valence-corrected chi connectivity index (χ0v) is 7.17. The van der Waals surface area contributed by atoms with Crippen LogP contribution in [0.1, 0.15) is 20.3 Å². The first kappa shape index (κ1) is 8.70. The van der Waals surface area contributed by atoms with Crippen molar-refractivity contribution in [3.05, 3.63) is 6.42 Å². The van der Waals surface area contributed by atoms with Crippen LogP contribution in [0.4, 0.5) is 0 Å². The number of hydrogen-bond donors (Lipinski definition) is 2. The van der Waals surface area contributed by atoms with Gasteiger partial charge in [0.25, 0.3) is 0 Å². The van der Waals surface area contributed by atoms with Crippen molar-refractivity contribution in [1.82, 2.24) is 0 Å². The van der Waals surface area contributed by atoms with Crippen LogP contribution >= 0.6 is 25.3 Å². The summed E-state index contributed by atoms with van der Waals surface area (Å²) in [4.78, 5) is 0. The van der Waals surface area contributed by atoms with Crippen molar-refractivity contribution in [3.63, 3.8) is 0 Å². The smallest absolute Gasteiger partial charge is 0.0138 e. The summed E-state index contributed by atoms with van der Waals surface area (Å²) in [6, 6.07) is 0. The maximum absolute atomic E-state index is 4.36.